The maximum atomic E-state index is 10.5. The van der Waals surface area contributed by atoms with Crippen LogP contribution in [0.25, 0.3) is 0 Å². The minimum Gasteiger partial charge on any atom is -0.397 e. The normalized spacial score (nSPS) is 9.45. The quantitative estimate of drug-likeness (QED) is 0.458. The first-order valence-electron chi connectivity index (χ1n) is 6.85. The highest BCUT2D eigenvalue weighted by atomic mass is 16.6. The van der Waals surface area contributed by atoms with E-state index in [-0.39, 0.29) is 5.69 Å². The van der Waals surface area contributed by atoms with Crippen LogP contribution in [0, 0.1) is 24.0 Å². The second kappa shape index (κ2) is 7.87. The predicted octanol–water partition coefficient (Wildman–Crippen LogP) is 3.56. The molecule has 0 spiro atoms. The fourth-order valence-corrected chi connectivity index (χ4v) is 1.91. The van der Waals surface area contributed by atoms with Crippen LogP contribution in [0.15, 0.2) is 36.4 Å². The van der Waals surface area contributed by atoms with Crippen molar-refractivity contribution in [2.75, 3.05) is 30.5 Å². The molecule has 0 heterocycles. The van der Waals surface area contributed by atoms with Gasteiger partial charge < -0.3 is 16.4 Å². The summed E-state index contributed by atoms with van der Waals surface area (Å²) in [4.78, 5) is 10.1. The van der Waals surface area contributed by atoms with Crippen LogP contribution in [0.4, 0.5) is 22.7 Å². The Morgan fingerprint density at radius 3 is 1.91 bits per heavy atom. The summed E-state index contributed by atoms with van der Waals surface area (Å²) in [5, 5.41) is 16.3. The number of nitro groups is 1. The van der Waals surface area contributed by atoms with Crippen LogP contribution in [0.1, 0.15) is 11.1 Å². The molecule has 0 aromatic heterocycles. The van der Waals surface area contributed by atoms with Crippen molar-refractivity contribution in [1.29, 1.82) is 0 Å². The molecule has 4 N–H and O–H groups in total. The zero-order chi connectivity index (χ0) is 16.7. The number of nitrogen functional groups attached to an aromatic ring is 1. The van der Waals surface area contributed by atoms with Crippen molar-refractivity contribution in [2.24, 2.45) is 0 Å². The first-order chi connectivity index (χ1) is 10.4. The molecule has 0 fully saturated rings. The average Bonchev–Trinajstić information content (AvgIpc) is 2.48. The molecule has 0 radical (unpaired) electrons. The summed E-state index contributed by atoms with van der Waals surface area (Å²) >= 11 is 0. The molecule has 2 aromatic rings. The van der Waals surface area contributed by atoms with E-state index in [2.05, 4.69) is 10.6 Å². The number of nitrogens with one attached hydrogen (secondary N) is 2. The van der Waals surface area contributed by atoms with Crippen molar-refractivity contribution >= 4 is 22.7 Å². The molecule has 0 saturated carbocycles. The van der Waals surface area contributed by atoms with Gasteiger partial charge in [-0.2, -0.15) is 0 Å². The smallest absolute Gasteiger partial charge is 0.292 e. The van der Waals surface area contributed by atoms with Gasteiger partial charge in [-0.1, -0.05) is 12.1 Å². The molecule has 0 aliphatic heterocycles. The summed E-state index contributed by atoms with van der Waals surface area (Å²) in [6, 6.07) is 11.0. The van der Waals surface area contributed by atoms with Crippen LogP contribution >= 0.6 is 0 Å². The van der Waals surface area contributed by atoms with Crippen molar-refractivity contribution in [3.05, 3.63) is 57.6 Å². The fourth-order valence-electron chi connectivity index (χ4n) is 1.91. The highest BCUT2D eigenvalue weighted by Gasteiger charge is 2.11. The molecule has 2 aromatic carbocycles. The average molecular weight is 302 g/mol. The van der Waals surface area contributed by atoms with Gasteiger partial charge in [0.25, 0.3) is 5.69 Å². The summed E-state index contributed by atoms with van der Waals surface area (Å²) in [7, 11) is 3.53. The summed E-state index contributed by atoms with van der Waals surface area (Å²) in [6.45, 7) is 3.85. The van der Waals surface area contributed by atoms with Crippen LogP contribution < -0.4 is 16.4 Å². The molecule has 6 nitrogen and oxygen atoms in total. The molecule has 0 amide bonds. The summed E-state index contributed by atoms with van der Waals surface area (Å²) < 4.78 is 0. The monoisotopic (exact) mass is 302 g/mol. The van der Waals surface area contributed by atoms with Gasteiger partial charge in [0.1, 0.15) is 5.69 Å². The SMILES string of the molecule is CNc1ccc(C)cc1N.CNc1ccc(C)cc1[N+](=O)[O-]. The zero-order valence-electron chi connectivity index (χ0n) is 13.3. The van der Waals surface area contributed by atoms with Crippen LogP contribution in [-0.4, -0.2) is 19.0 Å². The number of rotatable bonds is 3. The van der Waals surface area contributed by atoms with Crippen molar-refractivity contribution < 1.29 is 4.92 Å². The number of benzene rings is 2. The number of aryl methyl sites for hydroxylation is 2. The topological polar surface area (TPSA) is 93.2 Å². The largest absolute Gasteiger partial charge is 0.397 e. The zero-order valence-corrected chi connectivity index (χ0v) is 13.3. The molecule has 0 aliphatic carbocycles. The van der Waals surface area contributed by atoms with Crippen molar-refractivity contribution in [2.45, 2.75) is 13.8 Å². The third-order valence-electron chi connectivity index (χ3n) is 3.10. The van der Waals surface area contributed by atoms with Gasteiger partial charge in [-0.05, 0) is 43.2 Å². The van der Waals surface area contributed by atoms with Crippen LogP contribution in [0.2, 0.25) is 0 Å². The number of anilines is 3. The Kier molecular flexibility index (Phi) is 6.19. The lowest BCUT2D eigenvalue weighted by molar-refractivity contribution is -0.384. The van der Waals surface area contributed by atoms with E-state index < -0.39 is 4.92 Å². The molecule has 0 saturated heterocycles. The van der Waals surface area contributed by atoms with Gasteiger partial charge in [-0.25, -0.2) is 0 Å². The van der Waals surface area contributed by atoms with Gasteiger partial charge >= 0.3 is 0 Å². The van der Waals surface area contributed by atoms with Crippen LogP contribution in [-0.2, 0) is 0 Å². The molecule has 118 valence electrons. The van der Waals surface area contributed by atoms with E-state index in [1.165, 1.54) is 5.56 Å². The number of nitrogens with two attached hydrogens (primary N) is 1. The van der Waals surface area contributed by atoms with Gasteiger partial charge in [0.2, 0.25) is 0 Å². The molecular weight excluding hydrogens is 280 g/mol. The second-order valence-electron chi connectivity index (χ2n) is 4.87. The Balaban J connectivity index is 0.000000224. The van der Waals surface area contributed by atoms with Gasteiger partial charge in [0, 0.05) is 20.2 Å². The van der Waals surface area contributed by atoms with Crippen molar-refractivity contribution in [1.82, 2.24) is 0 Å². The maximum absolute atomic E-state index is 10.5. The van der Waals surface area contributed by atoms with E-state index in [1.807, 2.05) is 45.2 Å². The summed E-state index contributed by atoms with van der Waals surface area (Å²) in [5.41, 5.74) is 10.2. The number of hydrogen-bond donors (Lipinski definition) is 3. The minimum atomic E-state index is -0.390. The van der Waals surface area contributed by atoms with Crippen molar-refractivity contribution in [3.8, 4) is 0 Å². The van der Waals surface area contributed by atoms with E-state index in [4.69, 9.17) is 5.73 Å². The number of hydrogen-bond acceptors (Lipinski definition) is 5. The second-order valence-corrected chi connectivity index (χ2v) is 4.87. The lowest BCUT2D eigenvalue weighted by Gasteiger charge is -2.03. The Morgan fingerprint density at radius 1 is 0.955 bits per heavy atom. The first-order valence-corrected chi connectivity index (χ1v) is 6.85. The van der Waals surface area contributed by atoms with Gasteiger partial charge in [0.15, 0.2) is 0 Å². The molecule has 0 aliphatic rings. The van der Waals surface area contributed by atoms with Crippen LogP contribution in [0.3, 0.4) is 0 Å². The molecule has 6 heteroatoms. The Labute approximate surface area is 130 Å². The van der Waals surface area contributed by atoms with Crippen LogP contribution in [0.5, 0.6) is 0 Å². The van der Waals surface area contributed by atoms with E-state index in [0.717, 1.165) is 16.9 Å². The van der Waals surface area contributed by atoms with Gasteiger partial charge in [-0.3, -0.25) is 10.1 Å². The van der Waals surface area contributed by atoms with E-state index in [9.17, 15) is 10.1 Å². The fraction of sp³-hybridized carbons (Fsp3) is 0.250. The van der Waals surface area contributed by atoms with E-state index in [0.29, 0.717) is 5.69 Å². The summed E-state index contributed by atoms with van der Waals surface area (Å²) in [5.74, 6) is 0. The first kappa shape index (κ1) is 17.3. The molecule has 0 atom stereocenters. The third-order valence-corrected chi connectivity index (χ3v) is 3.10. The lowest BCUT2D eigenvalue weighted by Crippen LogP contribution is -1.96. The standard InChI is InChI=1S/C8H10N2O2.C8H12N2/c1-6-3-4-7(9-2)8(5-6)10(11)12;1-6-3-4-8(10-2)7(9)5-6/h3-5,9H,1-2H3;3-5,10H,9H2,1-2H3. The third kappa shape index (κ3) is 4.66. The molecule has 0 unspecified atom stereocenters. The predicted molar refractivity (Wildman–Crippen MR) is 92.5 cm³/mol. The van der Waals surface area contributed by atoms with E-state index in [1.54, 1.807) is 19.2 Å². The minimum absolute atomic E-state index is 0.123. The van der Waals surface area contributed by atoms with E-state index >= 15 is 0 Å². The van der Waals surface area contributed by atoms with Crippen molar-refractivity contribution in [3.63, 3.8) is 0 Å². The van der Waals surface area contributed by atoms with Gasteiger partial charge in [0.05, 0.1) is 16.3 Å². The highest BCUT2D eigenvalue weighted by molar-refractivity contribution is 5.66. The van der Waals surface area contributed by atoms with Gasteiger partial charge in [-0.15, -0.1) is 0 Å². The summed E-state index contributed by atoms with van der Waals surface area (Å²) in [6.07, 6.45) is 0. The number of nitrogens with zero attached hydrogens (tertiary/aromatic N) is 1. The Bertz CT molecular complexity index is 657. The molecule has 22 heavy (non-hydrogen) atoms. The Hall–Kier alpha value is -2.76. The Morgan fingerprint density at radius 2 is 1.45 bits per heavy atom. The number of nitro benzene ring substituents is 1. The molecular formula is C16H22N4O2. The highest BCUT2D eigenvalue weighted by Crippen LogP contribution is 2.24. The lowest BCUT2D eigenvalue weighted by atomic mass is 10.2. The molecule has 0 bridgehead atoms. The maximum Gasteiger partial charge on any atom is 0.292 e. The molecule has 2 rings (SSSR count).